The number of halogens is 2. The number of carbonyl (C=O) groups excluding carboxylic acids is 1. The van der Waals surface area contributed by atoms with Gasteiger partial charge in [0.05, 0.1) is 12.0 Å². The predicted molar refractivity (Wildman–Crippen MR) is 113 cm³/mol. The Bertz CT molecular complexity index is 1210. The minimum absolute atomic E-state index is 0.0534. The fraction of sp³-hybridized carbons (Fsp3) is 0.316. The molecule has 17 heteroatoms. The van der Waals surface area contributed by atoms with Crippen molar-refractivity contribution in [1.29, 1.82) is 0 Å². The van der Waals surface area contributed by atoms with Crippen LogP contribution in [-0.4, -0.2) is 48.3 Å². The lowest BCUT2D eigenvalue weighted by molar-refractivity contribution is -0.139. The lowest BCUT2D eigenvalue weighted by atomic mass is 10.2. The van der Waals surface area contributed by atoms with E-state index >= 15 is 0 Å². The third-order valence-corrected chi connectivity index (χ3v) is 9.39. The summed E-state index contributed by atoms with van der Waals surface area (Å²) in [6, 6.07) is 3.53. The maximum Gasteiger partial charge on any atom is 0.514 e. The van der Waals surface area contributed by atoms with Crippen molar-refractivity contribution in [2.75, 3.05) is 0 Å². The van der Waals surface area contributed by atoms with Gasteiger partial charge in [0.2, 0.25) is 6.29 Å². The molecule has 0 spiro atoms. The van der Waals surface area contributed by atoms with Crippen molar-refractivity contribution >= 4 is 27.3 Å². The zero-order valence-corrected chi connectivity index (χ0v) is 20.0. The molecular formula is C19H19F2NO12P2. The fourth-order valence-corrected chi connectivity index (χ4v) is 6.65. The first-order valence-electron chi connectivity index (χ1n) is 9.88. The highest BCUT2D eigenvalue weighted by atomic mass is 31.2. The Hall–Kier alpha value is -2.77. The van der Waals surface area contributed by atoms with Crippen molar-refractivity contribution in [2.45, 2.75) is 37.2 Å². The number of aliphatic hydroxyl groups is 1. The maximum absolute atomic E-state index is 14.7. The summed E-state index contributed by atoms with van der Waals surface area (Å²) >= 11 is 0. The highest BCUT2D eigenvalue weighted by molar-refractivity contribution is 7.73. The van der Waals surface area contributed by atoms with Crippen LogP contribution >= 0.6 is 15.2 Å². The smallest absolute Gasteiger partial charge is 0.481 e. The van der Waals surface area contributed by atoms with Crippen molar-refractivity contribution in [3.8, 4) is 5.75 Å². The van der Waals surface area contributed by atoms with E-state index in [9.17, 15) is 42.4 Å². The molecular weight excluding hydrogens is 534 g/mol. The summed E-state index contributed by atoms with van der Waals surface area (Å²) in [5.74, 6) is -5.21. The van der Waals surface area contributed by atoms with Crippen molar-refractivity contribution in [1.82, 2.24) is 4.98 Å². The van der Waals surface area contributed by atoms with E-state index in [0.717, 1.165) is 6.20 Å². The topological polar surface area (TPSA) is 199 Å². The molecule has 0 aliphatic carbocycles. The van der Waals surface area contributed by atoms with Crippen LogP contribution in [0.3, 0.4) is 0 Å². The molecule has 2 aromatic rings. The normalized spacial score (nSPS) is 28.8. The van der Waals surface area contributed by atoms with E-state index < -0.39 is 80.6 Å². The second-order valence-corrected chi connectivity index (χ2v) is 11.9. The highest BCUT2D eigenvalue weighted by Gasteiger charge is 2.67. The Morgan fingerprint density at radius 1 is 1.19 bits per heavy atom. The van der Waals surface area contributed by atoms with Crippen LogP contribution in [-0.2, 0) is 34.1 Å². The van der Waals surface area contributed by atoms with Crippen LogP contribution in [0.15, 0.2) is 36.7 Å². The van der Waals surface area contributed by atoms with Crippen LogP contribution < -0.4 is 4.74 Å². The van der Waals surface area contributed by atoms with Crippen LogP contribution in [0.4, 0.5) is 13.6 Å². The lowest BCUT2D eigenvalue weighted by Gasteiger charge is -2.41. The molecule has 0 bridgehead atoms. The molecule has 13 nitrogen and oxygen atoms in total. The molecule has 0 radical (unpaired) electrons. The molecule has 1 aromatic heterocycles. The van der Waals surface area contributed by atoms with Crippen molar-refractivity contribution in [3.05, 3.63) is 59.4 Å². The van der Waals surface area contributed by atoms with Gasteiger partial charge in [-0.1, -0.05) is 6.07 Å². The van der Waals surface area contributed by atoms with Crippen molar-refractivity contribution < 1.29 is 66.0 Å². The van der Waals surface area contributed by atoms with Gasteiger partial charge in [-0.05, 0) is 18.6 Å². The molecule has 0 saturated carbocycles. The molecule has 1 fully saturated rings. The molecule has 1 aliphatic rings. The van der Waals surface area contributed by atoms with Gasteiger partial charge in [-0.3, -0.25) is 28.0 Å². The van der Waals surface area contributed by atoms with Gasteiger partial charge in [-0.2, -0.15) is 0 Å². The van der Waals surface area contributed by atoms with E-state index in [1.165, 1.54) is 25.3 Å². The standard InChI is InChI=1S/C19H19F2NO12P2/c1-10(5-15(23)24)31-18(25)32-12-6-13(20)16(14(21)7-12)17-33-35(27,28)19(26,36(29,30)34-17)8-11-3-2-4-22-9-11/h2-4,6-7,9-10,17,26H,5,8H2,1H3,(H,23,24)(H,27,28)(H,29,30)/t10-,17?,19?/m1/s1. The first kappa shape index (κ1) is 27.8. The van der Waals surface area contributed by atoms with Gasteiger partial charge in [0.1, 0.15) is 23.5 Å². The quantitative estimate of drug-likeness (QED) is 0.222. The first-order chi connectivity index (χ1) is 16.6. The van der Waals surface area contributed by atoms with Gasteiger partial charge in [-0.25, -0.2) is 13.6 Å². The van der Waals surface area contributed by atoms with Gasteiger partial charge >= 0.3 is 27.3 Å². The Balaban J connectivity index is 1.84. The molecule has 36 heavy (non-hydrogen) atoms. The van der Waals surface area contributed by atoms with Crippen molar-refractivity contribution in [2.24, 2.45) is 0 Å². The summed E-state index contributed by atoms with van der Waals surface area (Å²) < 4.78 is 73.5. The third kappa shape index (κ3) is 5.79. The Morgan fingerprint density at radius 3 is 2.28 bits per heavy atom. The number of carbonyl (C=O) groups is 2. The van der Waals surface area contributed by atoms with Gasteiger partial charge < -0.3 is 29.5 Å². The molecule has 0 amide bonds. The van der Waals surface area contributed by atoms with Crippen LogP contribution in [0.1, 0.15) is 30.8 Å². The van der Waals surface area contributed by atoms with Crippen molar-refractivity contribution in [3.63, 3.8) is 0 Å². The van der Waals surface area contributed by atoms with E-state index in [2.05, 4.69) is 23.5 Å². The number of carboxylic acid groups (broad SMARTS) is 1. The van der Waals surface area contributed by atoms with Gasteiger partial charge in [0.25, 0.3) is 5.08 Å². The average Bonchev–Trinajstić information content (AvgIpc) is 2.71. The molecule has 1 aromatic carbocycles. The number of hydrogen-bond donors (Lipinski definition) is 4. The van der Waals surface area contributed by atoms with Gasteiger partial charge in [-0.15, -0.1) is 0 Å². The third-order valence-electron chi connectivity index (χ3n) is 4.80. The maximum atomic E-state index is 14.7. The number of carboxylic acids is 1. The highest BCUT2D eigenvalue weighted by Crippen LogP contribution is 2.79. The summed E-state index contributed by atoms with van der Waals surface area (Å²) in [5, 5.41) is 15.9. The number of nitrogens with zero attached hydrogens (tertiary/aromatic N) is 1. The molecule has 2 unspecified atom stereocenters. The summed E-state index contributed by atoms with van der Waals surface area (Å²) in [7, 11) is -11.0. The van der Waals surface area contributed by atoms with Crippen LogP contribution in [0.25, 0.3) is 0 Å². The van der Waals surface area contributed by atoms with E-state index in [0.29, 0.717) is 12.1 Å². The summed E-state index contributed by atoms with van der Waals surface area (Å²) in [6.45, 7) is 1.23. The number of aliphatic carboxylic acids is 1. The summed E-state index contributed by atoms with van der Waals surface area (Å²) in [6.07, 6.45) is -4.18. The molecule has 4 N–H and O–H groups in total. The molecule has 196 valence electrons. The molecule has 2 heterocycles. The monoisotopic (exact) mass is 553 g/mol. The van der Waals surface area contributed by atoms with E-state index in [1.807, 2.05) is 0 Å². The molecule has 3 atom stereocenters. The number of aromatic nitrogens is 1. The zero-order chi connectivity index (χ0) is 26.9. The van der Waals surface area contributed by atoms with Crippen LogP contribution in [0.2, 0.25) is 0 Å². The second-order valence-electron chi connectivity index (χ2n) is 7.57. The molecule has 1 aliphatic heterocycles. The minimum Gasteiger partial charge on any atom is -0.481 e. The largest absolute Gasteiger partial charge is 0.514 e. The zero-order valence-electron chi connectivity index (χ0n) is 18.2. The summed E-state index contributed by atoms with van der Waals surface area (Å²) in [5.41, 5.74) is -1.18. The molecule has 3 rings (SSSR count). The first-order valence-corrected chi connectivity index (χ1v) is 13.0. The van der Waals surface area contributed by atoms with E-state index in [1.54, 1.807) is 0 Å². The Kier molecular flexibility index (Phi) is 7.96. The average molecular weight is 553 g/mol. The number of pyridine rings is 1. The SMILES string of the molecule is C[C@H](CC(=O)O)OC(=O)Oc1cc(F)c(C2OP(=O)(O)C(O)(Cc3cccnc3)P(=O)(O)O2)c(F)c1. The number of ether oxygens (including phenoxy) is 2. The Labute approximate surface area is 201 Å². The van der Waals surface area contributed by atoms with Gasteiger partial charge in [0.15, 0.2) is 0 Å². The Morgan fingerprint density at radius 2 is 1.78 bits per heavy atom. The number of rotatable bonds is 7. The number of benzene rings is 1. The summed E-state index contributed by atoms with van der Waals surface area (Å²) in [4.78, 5) is 46.6. The van der Waals surface area contributed by atoms with Gasteiger partial charge in [0, 0.05) is 30.9 Å². The van der Waals surface area contributed by atoms with E-state index in [4.69, 9.17) is 5.11 Å². The van der Waals surface area contributed by atoms with Crippen LogP contribution in [0, 0.1) is 11.6 Å². The minimum atomic E-state index is -5.52. The predicted octanol–water partition coefficient (Wildman–Crippen LogP) is 3.04. The van der Waals surface area contributed by atoms with E-state index in [-0.39, 0.29) is 5.56 Å². The lowest BCUT2D eigenvalue weighted by Crippen LogP contribution is -2.38. The van der Waals surface area contributed by atoms with Crippen LogP contribution in [0.5, 0.6) is 5.75 Å². The molecule has 1 saturated heterocycles. The second kappa shape index (κ2) is 10.3. The number of hydrogen-bond acceptors (Lipinski definition) is 10. The fourth-order valence-electron chi connectivity index (χ4n) is 3.11.